The van der Waals surface area contributed by atoms with Crippen molar-refractivity contribution in [2.45, 2.75) is 124 Å². The summed E-state index contributed by atoms with van der Waals surface area (Å²) in [5.41, 5.74) is 0.984. The second kappa shape index (κ2) is 37.4. The Morgan fingerprint density at radius 2 is 1.27 bits per heavy atom. The first kappa shape index (κ1) is 68.6. The quantitative estimate of drug-likeness (QED) is 0.0319. The molecular weight excluding hydrogens is 1050 g/mol. The van der Waals surface area contributed by atoms with Gasteiger partial charge in [-0.1, -0.05) is 85.2 Å². The molecule has 0 saturated carbocycles. The molecule has 24 heteroatoms. The zero-order valence-corrected chi connectivity index (χ0v) is 48.2. The van der Waals surface area contributed by atoms with Crippen LogP contribution in [0.1, 0.15) is 115 Å². The molecule has 23 nitrogen and oxygen atoms in total. The van der Waals surface area contributed by atoms with Gasteiger partial charge in [0.1, 0.15) is 22.8 Å². The molecule has 7 atom stereocenters. The molecule has 0 aliphatic heterocycles. The van der Waals surface area contributed by atoms with Crippen LogP contribution in [0, 0.1) is 35.5 Å². The van der Waals surface area contributed by atoms with Crippen molar-refractivity contribution in [1.29, 1.82) is 0 Å². The van der Waals surface area contributed by atoms with E-state index in [9.17, 15) is 48.3 Å². The Morgan fingerprint density at radius 3 is 1.77 bits per heavy atom. The lowest BCUT2D eigenvalue weighted by molar-refractivity contribution is -0.149. The van der Waals surface area contributed by atoms with Gasteiger partial charge in [-0.25, -0.2) is 4.98 Å². The number of carboxylic acid groups (broad SMARTS) is 2. The Labute approximate surface area is 467 Å². The van der Waals surface area contributed by atoms with Gasteiger partial charge in [-0.15, -0.1) is 11.3 Å². The molecule has 3 unspecified atom stereocenters. The molecule has 0 bridgehead atoms. The molecule has 1 aromatic carbocycles. The number of likely N-dealkylation sites (N-methyl/N-ethyl adjacent to an activating group) is 2. The first-order valence-electron chi connectivity index (χ1n) is 26.6. The maximum absolute atomic E-state index is 14.6. The van der Waals surface area contributed by atoms with Crippen LogP contribution in [0.15, 0.2) is 35.7 Å². The molecule has 0 saturated heterocycles. The number of hydrogen-bond donors (Lipinski definition) is 6. The highest BCUT2D eigenvalue weighted by molar-refractivity contribution is 7.09. The van der Waals surface area contributed by atoms with Crippen LogP contribution in [-0.2, 0) is 68.5 Å². The number of carbonyl (C=O) groups excluding carboxylic acids is 7. The highest BCUT2D eigenvalue weighted by Crippen LogP contribution is 2.31. The van der Waals surface area contributed by atoms with E-state index in [0.717, 1.165) is 16.9 Å². The summed E-state index contributed by atoms with van der Waals surface area (Å²) in [6.07, 6.45) is 0.113. The van der Waals surface area contributed by atoms with Gasteiger partial charge < -0.3 is 65.0 Å². The van der Waals surface area contributed by atoms with Gasteiger partial charge in [0.15, 0.2) is 6.10 Å². The molecule has 2 aromatic rings. The predicted octanol–water partition coefficient (Wildman–Crippen LogP) is 3.25. The number of benzene rings is 1. The molecule has 6 N–H and O–H groups in total. The van der Waals surface area contributed by atoms with E-state index in [1.807, 2.05) is 58.0 Å². The summed E-state index contributed by atoms with van der Waals surface area (Å²) in [5.74, 6) is -2.89. The van der Waals surface area contributed by atoms with E-state index in [0.29, 0.717) is 17.8 Å². The van der Waals surface area contributed by atoms with E-state index < -0.39 is 77.7 Å². The normalized spacial score (nSPS) is 13.8. The van der Waals surface area contributed by atoms with Crippen molar-refractivity contribution in [1.82, 2.24) is 36.1 Å². The fraction of sp³-hybridized carbons (Fsp3) is 0.636. The first-order valence-corrected chi connectivity index (χ1v) is 27.5. The minimum absolute atomic E-state index is 0.0326. The van der Waals surface area contributed by atoms with E-state index in [4.69, 9.17) is 28.8 Å². The Hall–Kier alpha value is -6.52. The van der Waals surface area contributed by atoms with Gasteiger partial charge in [-0.2, -0.15) is 0 Å². The molecule has 0 aliphatic rings. The van der Waals surface area contributed by atoms with Gasteiger partial charge in [0.05, 0.1) is 71.6 Å². The molecule has 2 rings (SSSR count). The van der Waals surface area contributed by atoms with Gasteiger partial charge >= 0.3 is 17.9 Å². The number of carbonyl (C=O) groups is 9. The number of carboxylic acids is 2. The van der Waals surface area contributed by atoms with Crippen LogP contribution >= 0.6 is 11.3 Å². The second-order valence-corrected chi connectivity index (χ2v) is 20.6. The summed E-state index contributed by atoms with van der Waals surface area (Å²) < 4.78 is 27.2. The number of thiazole rings is 1. The Bertz CT molecular complexity index is 2320. The number of rotatable bonds is 38. The smallest absolute Gasteiger partial charge is 0.306 e. The van der Waals surface area contributed by atoms with Crippen LogP contribution in [0.2, 0.25) is 0 Å². The van der Waals surface area contributed by atoms with Crippen molar-refractivity contribution < 1.29 is 77.0 Å². The maximum atomic E-state index is 14.6. The molecule has 1 aromatic heterocycles. The Kier molecular flexibility index (Phi) is 32.4. The fourth-order valence-electron chi connectivity index (χ4n) is 8.12. The monoisotopic (exact) mass is 1130 g/mol. The molecular formula is C55H83N7O16S. The van der Waals surface area contributed by atoms with Gasteiger partial charge in [0.2, 0.25) is 17.7 Å². The van der Waals surface area contributed by atoms with Crippen LogP contribution in [0.3, 0.4) is 0 Å². The van der Waals surface area contributed by atoms with Gasteiger partial charge in [-0.05, 0) is 36.2 Å². The molecule has 0 spiro atoms. The third-order valence-corrected chi connectivity index (χ3v) is 13.6. The van der Waals surface area contributed by atoms with Crippen molar-refractivity contribution >= 4 is 64.7 Å². The summed E-state index contributed by atoms with van der Waals surface area (Å²) in [4.78, 5) is 122. The Balaban J connectivity index is 1.96. The third-order valence-electron chi connectivity index (χ3n) is 12.6. The van der Waals surface area contributed by atoms with Crippen molar-refractivity contribution in [3.8, 4) is 11.8 Å². The average Bonchev–Trinajstić information content (AvgIpc) is 3.90. The third kappa shape index (κ3) is 26.8. The van der Waals surface area contributed by atoms with Crippen LogP contribution in [0.4, 0.5) is 0 Å². The first-order chi connectivity index (χ1) is 37.5. The fourth-order valence-corrected chi connectivity index (χ4v) is 8.95. The van der Waals surface area contributed by atoms with Gasteiger partial charge in [-0.3, -0.25) is 43.2 Å². The number of aromatic nitrogens is 1. The number of nitrogens with zero attached hydrogens (tertiary/aromatic N) is 3. The van der Waals surface area contributed by atoms with E-state index >= 15 is 0 Å². The summed E-state index contributed by atoms with van der Waals surface area (Å²) in [6, 6.07) is 6.40. The highest BCUT2D eigenvalue weighted by atomic mass is 32.1. The minimum atomic E-state index is -0.991. The van der Waals surface area contributed by atoms with Crippen molar-refractivity contribution in [2.75, 3.05) is 80.0 Å². The zero-order chi connectivity index (χ0) is 59.0. The molecule has 0 aliphatic carbocycles. The van der Waals surface area contributed by atoms with Crippen LogP contribution in [0.5, 0.6) is 0 Å². The number of aliphatic carboxylic acids is 2. The maximum Gasteiger partial charge on any atom is 0.306 e. The molecule has 1 heterocycles. The topological polar surface area (TPSA) is 308 Å². The molecule has 6 amide bonds. The lowest BCUT2D eigenvalue weighted by Crippen LogP contribution is -2.59. The second-order valence-electron chi connectivity index (χ2n) is 19.7. The minimum Gasteiger partial charge on any atom is -0.481 e. The number of nitrogens with one attached hydrogen (secondary N) is 4. The standard InChI is InChI=1S/C55H83N7O16S/c1-11-37(6)49(54(71)61(9)43(35(2)3)33-44(78-39(8)63)53-59-42(34-79-53)51(69)58-41(31-38(7)55(72)73)32-40-15-13-12-14-16-40)60-52(70)50(36(4)5)62(10)47(66)19-23-74-27-29-76-25-21-56-45(64)17-18-46(65)57-22-26-77-30-28-75-24-20-48(67)68/h12-16,34-38,41,43-44,49-50H,11,19-33H2,1-10H3,(H,56,64)(H,57,65)(H,58,69)(H,60,70)(H,67,68)(H,72,73)/t37-,38?,41+,43?,44+,49-,50?/m0/s1. The number of amides is 6. The van der Waals surface area contributed by atoms with E-state index in [2.05, 4.69) is 38.1 Å². The molecule has 79 heavy (non-hydrogen) atoms. The predicted molar refractivity (Wildman–Crippen MR) is 292 cm³/mol. The molecule has 440 valence electrons. The lowest BCUT2D eigenvalue weighted by atomic mass is 9.92. The van der Waals surface area contributed by atoms with E-state index in [1.165, 1.54) is 18.9 Å². The number of ether oxygens (including phenoxy) is 5. The SMILES string of the molecule is CC[C@H](C)[C@H](NC(=O)C(C(C)C)N(C)C(=O)CCOCCOCCNC(=O)C#CC(=O)NCCOCCOCCC(=O)O)C(=O)N(C)C(C[C@@H](OC(C)=O)c1nc(C(=O)N[C@@H](Cc2ccccc2)CC(C)C(=O)O)cs1)C(C)C. The Morgan fingerprint density at radius 1 is 0.709 bits per heavy atom. The summed E-state index contributed by atoms with van der Waals surface area (Å²) in [7, 11) is 3.15. The van der Waals surface area contributed by atoms with Gasteiger partial charge in [0.25, 0.3) is 17.7 Å². The van der Waals surface area contributed by atoms with Crippen molar-refractivity contribution in [3.63, 3.8) is 0 Å². The average molecular weight is 1130 g/mol. The summed E-state index contributed by atoms with van der Waals surface area (Å²) >= 11 is 1.12. The molecule has 0 radical (unpaired) electrons. The van der Waals surface area contributed by atoms with E-state index in [1.54, 1.807) is 38.1 Å². The van der Waals surface area contributed by atoms with E-state index in [-0.39, 0.29) is 127 Å². The van der Waals surface area contributed by atoms with Crippen LogP contribution in [0.25, 0.3) is 0 Å². The van der Waals surface area contributed by atoms with Gasteiger partial charge in [0, 0.05) is 69.8 Å². The number of hydrogen-bond acceptors (Lipinski definition) is 16. The lowest BCUT2D eigenvalue weighted by Gasteiger charge is -2.38. The summed E-state index contributed by atoms with van der Waals surface area (Å²) in [6.45, 7) is 15.4. The zero-order valence-electron chi connectivity index (χ0n) is 47.3. The highest BCUT2D eigenvalue weighted by Gasteiger charge is 2.38. The van der Waals surface area contributed by atoms with Crippen LogP contribution in [-0.4, -0.2) is 183 Å². The van der Waals surface area contributed by atoms with Crippen LogP contribution < -0.4 is 21.3 Å². The van der Waals surface area contributed by atoms with Crippen molar-refractivity contribution in [2.24, 2.45) is 23.7 Å². The molecule has 0 fully saturated rings. The van der Waals surface area contributed by atoms with Crippen molar-refractivity contribution in [3.05, 3.63) is 52.0 Å². The summed E-state index contributed by atoms with van der Waals surface area (Å²) in [5, 5.41) is 31.0. The number of esters is 1. The largest absolute Gasteiger partial charge is 0.481 e.